The smallest absolute Gasteiger partial charge is 0.202 e. The van der Waals surface area contributed by atoms with E-state index >= 15 is 0 Å². The van der Waals surface area contributed by atoms with Crippen LogP contribution in [-0.2, 0) is 9.92 Å². The molecule has 0 fully saturated rings. The molecule has 1 atom stereocenters. The van der Waals surface area contributed by atoms with Gasteiger partial charge in [0.1, 0.15) is 15.7 Å². The van der Waals surface area contributed by atoms with Crippen molar-refractivity contribution < 1.29 is 13.2 Å². The van der Waals surface area contributed by atoms with Crippen molar-refractivity contribution >= 4 is 43.2 Å². The Labute approximate surface area is 159 Å². The molecule has 1 aromatic heterocycles. The number of rotatable bonds is 8. The van der Waals surface area contributed by atoms with Crippen molar-refractivity contribution in [2.45, 2.75) is 6.42 Å². The first-order valence-electron chi connectivity index (χ1n) is 7.57. The molecule has 0 aliphatic carbocycles. The summed E-state index contributed by atoms with van der Waals surface area (Å²) in [5.74, 6) is 0.194. The molecule has 9 nitrogen and oxygen atoms in total. The molecule has 12 heteroatoms. The summed E-state index contributed by atoms with van der Waals surface area (Å²) in [5.41, 5.74) is 0.690. The number of anilines is 2. The zero-order valence-electron chi connectivity index (χ0n) is 14.2. The third-order valence-electron chi connectivity index (χ3n) is 3.42. The summed E-state index contributed by atoms with van der Waals surface area (Å²) < 4.78 is 36.9. The topological polar surface area (TPSA) is 128 Å². The number of aromatic nitrogens is 2. The van der Waals surface area contributed by atoms with Crippen LogP contribution < -0.4 is 15.4 Å². The maximum absolute atomic E-state index is 13.3. The maximum atomic E-state index is 13.3. The summed E-state index contributed by atoms with van der Waals surface area (Å²) in [6, 6.07) is 4.28. The van der Waals surface area contributed by atoms with Gasteiger partial charge in [-0.2, -0.15) is 0 Å². The standard InChI is InChI=1S/C14H19BrFN7O2S/c1-18-26(24,19-2)7-3-6-20-14-12(22-25-23-14)13(17)21-9-4-5-11(16)10(15)8-9/h4-5,8H,3,6-7H2,1-2H3,(H2,17,21)(H,20,23)(H,18,19,24). The van der Waals surface area contributed by atoms with Gasteiger partial charge in [0.15, 0.2) is 11.5 Å². The second kappa shape index (κ2) is 9.05. The fourth-order valence-electron chi connectivity index (χ4n) is 2.01. The molecule has 0 radical (unpaired) electrons. The molecule has 4 N–H and O–H groups in total. The van der Waals surface area contributed by atoms with Gasteiger partial charge in [-0.05, 0) is 57.9 Å². The Morgan fingerprint density at radius 2 is 2.23 bits per heavy atom. The SMILES string of the molecule is CN=S(=O)(CCCNc1nonc1C(=N)Nc1ccc(F)c(Br)c1)NC. The number of hydrogen-bond acceptors (Lipinski definition) is 7. The van der Waals surface area contributed by atoms with Crippen LogP contribution in [0.3, 0.4) is 0 Å². The summed E-state index contributed by atoms with van der Waals surface area (Å²) in [6.45, 7) is 0.449. The number of halogens is 2. The molecule has 142 valence electrons. The van der Waals surface area contributed by atoms with E-state index in [1.807, 2.05) is 0 Å². The van der Waals surface area contributed by atoms with Crippen LogP contribution in [-0.4, -0.2) is 46.8 Å². The van der Waals surface area contributed by atoms with Gasteiger partial charge >= 0.3 is 0 Å². The van der Waals surface area contributed by atoms with E-state index in [0.717, 1.165) is 0 Å². The summed E-state index contributed by atoms with van der Waals surface area (Å²) in [7, 11) is 0.712. The average Bonchev–Trinajstić information content (AvgIpc) is 3.10. The molecule has 0 amide bonds. The summed E-state index contributed by atoms with van der Waals surface area (Å²) >= 11 is 3.09. The van der Waals surface area contributed by atoms with E-state index in [-0.39, 0.29) is 21.8 Å². The first kappa shape index (κ1) is 20.3. The fourth-order valence-corrected chi connectivity index (χ4v) is 3.49. The summed E-state index contributed by atoms with van der Waals surface area (Å²) in [6.07, 6.45) is 0.564. The van der Waals surface area contributed by atoms with E-state index in [1.165, 1.54) is 25.2 Å². The molecule has 0 bridgehead atoms. The van der Waals surface area contributed by atoms with Crippen LogP contribution in [0.25, 0.3) is 0 Å². The summed E-state index contributed by atoms with van der Waals surface area (Å²) in [5, 5.41) is 21.3. The minimum absolute atomic E-state index is 0.0603. The predicted octanol–water partition coefficient (Wildman–Crippen LogP) is 2.44. The lowest BCUT2D eigenvalue weighted by Gasteiger charge is -2.09. The molecule has 26 heavy (non-hydrogen) atoms. The molecule has 0 aliphatic rings. The Hall–Kier alpha value is -2.05. The van der Waals surface area contributed by atoms with Crippen molar-refractivity contribution in [3.05, 3.63) is 34.2 Å². The highest BCUT2D eigenvalue weighted by Gasteiger charge is 2.16. The number of nitrogens with one attached hydrogen (secondary N) is 4. The van der Waals surface area contributed by atoms with Gasteiger partial charge in [-0.1, -0.05) is 0 Å². The van der Waals surface area contributed by atoms with Gasteiger partial charge in [0.2, 0.25) is 5.82 Å². The molecule has 2 aromatic rings. The molecule has 0 aliphatic heterocycles. The van der Waals surface area contributed by atoms with Crippen molar-refractivity contribution in [1.82, 2.24) is 15.0 Å². The molecular formula is C14H19BrFN7O2S. The number of nitrogens with zero attached hydrogens (tertiary/aromatic N) is 3. The van der Waals surface area contributed by atoms with E-state index in [1.54, 1.807) is 7.05 Å². The Balaban J connectivity index is 1.95. The number of hydrogen-bond donors (Lipinski definition) is 4. The predicted molar refractivity (Wildman–Crippen MR) is 102 cm³/mol. The van der Waals surface area contributed by atoms with Crippen LogP contribution in [0.4, 0.5) is 15.9 Å². The molecule has 0 spiro atoms. The van der Waals surface area contributed by atoms with E-state index < -0.39 is 15.7 Å². The minimum Gasteiger partial charge on any atom is -0.365 e. The number of amidine groups is 1. The first-order valence-corrected chi connectivity index (χ1v) is 10.0. The summed E-state index contributed by atoms with van der Waals surface area (Å²) in [4.78, 5) is 0. The van der Waals surface area contributed by atoms with Crippen LogP contribution in [0.1, 0.15) is 12.1 Å². The van der Waals surface area contributed by atoms with E-state index in [9.17, 15) is 8.60 Å². The van der Waals surface area contributed by atoms with Crippen LogP contribution in [0, 0.1) is 11.2 Å². The Kier molecular flexibility index (Phi) is 7.06. The molecular weight excluding hydrogens is 429 g/mol. The monoisotopic (exact) mass is 447 g/mol. The molecule has 2 rings (SSSR count). The van der Waals surface area contributed by atoms with Crippen molar-refractivity contribution in [3.63, 3.8) is 0 Å². The second-order valence-corrected chi connectivity index (χ2v) is 8.42. The lowest BCUT2D eigenvalue weighted by molar-refractivity contribution is 0.308. The largest absolute Gasteiger partial charge is 0.365 e. The van der Waals surface area contributed by atoms with E-state index in [2.05, 4.69) is 50.6 Å². The van der Waals surface area contributed by atoms with Gasteiger partial charge in [-0.3, -0.25) is 5.41 Å². The normalized spacial score (nSPS) is 13.1. The zero-order chi connectivity index (χ0) is 19.2. The molecule has 0 saturated heterocycles. The van der Waals surface area contributed by atoms with Crippen LogP contribution in [0.15, 0.2) is 31.7 Å². The lowest BCUT2D eigenvalue weighted by Crippen LogP contribution is -2.23. The van der Waals surface area contributed by atoms with Crippen LogP contribution >= 0.6 is 15.9 Å². The van der Waals surface area contributed by atoms with Gasteiger partial charge in [0.25, 0.3) is 0 Å². The Morgan fingerprint density at radius 1 is 1.46 bits per heavy atom. The van der Waals surface area contributed by atoms with Gasteiger partial charge in [0, 0.05) is 25.0 Å². The van der Waals surface area contributed by atoms with E-state index in [0.29, 0.717) is 24.4 Å². The van der Waals surface area contributed by atoms with Gasteiger partial charge in [-0.15, -0.1) is 0 Å². The van der Waals surface area contributed by atoms with Crippen molar-refractivity contribution in [1.29, 1.82) is 5.41 Å². The third kappa shape index (κ3) is 5.22. The second-order valence-electron chi connectivity index (χ2n) is 5.10. The average molecular weight is 448 g/mol. The Morgan fingerprint density at radius 3 is 2.88 bits per heavy atom. The highest BCUT2D eigenvalue weighted by atomic mass is 79.9. The number of benzene rings is 1. The van der Waals surface area contributed by atoms with Gasteiger partial charge in [0.05, 0.1) is 4.47 Å². The molecule has 0 saturated carbocycles. The third-order valence-corrected chi connectivity index (χ3v) is 6.10. The van der Waals surface area contributed by atoms with Crippen LogP contribution in [0.2, 0.25) is 0 Å². The highest BCUT2D eigenvalue weighted by molar-refractivity contribution is 9.10. The quantitative estimate of drug-likeness (QED) is 0.279. The molecule has 1 unspecified atom stereocenters. The molecule has 1 heterocycles. The van der Waals surface area contributed by atoms with Crippen molar-refractivity contribution in [3.8, 4) is 0 Å². The fraction of sp³-hybridized carbons (Fsp3) is 0.357. The van der Waals surface area contributed by atoms with Gasteiger partial charge in [-0.25, -0.2) is 22.3 Å². The van der Waals surface area contributed by atoms with Crippen molar-refractivity contribution in [2.24, 2.45) is 4.36 Å². The molecule has 1 aromatic carbocycles. The van der Waals surface area contributed by atoms with Crippen molar-refractivity contribution in [2.75, 3.05) is 37.0 Å². The van der Waals surface area contributed by atoms with Crippen LogP contribution in [0.5, 0.6) is 0 Å². The lowest BCUT2D eigenvalue weighted by atomic mass is 10.3. The van der Waals surface area contributed by atoms with E-state index in [4.69, 9.17) is 5.41 Å². The first-order chi connectivity index (χ1) is 12.4. The zero-order valence-corrected chi connectivity index (χ0v) is 16.6. The Bertz CT molecular complexity index is 895. The minimum atomic E-state index is -2.39. The maximum Gasteiger partial charge on any atom is 0.202 e. The van der Waals surface area contributed by atoms with Gasteiger partial charge < -0.3 is 10.6 Å². The highest BCUT2D eigenvalue weighted by Crippen LogP contribution is 2.21.